The molecule has 1 aromatic carbocycles. The summed E-state index contributed by atoms with van der Waals surface area (Å²) in [5.41, 5.74) is 3.17. The van der Waals surface area contributed by atoms with E-state index in [1.54, 1.807) is 4.90 Å². The first-order valence-corrected chi connectivity index (χ1v) is 7.65. The predicted molar refractivity (Wildman–Crippen MR) is 72.5 cm³/mol. The van der Waals surface area contributed by atoms with Crippen molar-refractivity contribution in [2.75, 3.05) is 4.90 Å². The van der Waals surface area contributed by atoms with E-state index in [1.165, 1.54) is 6.92 Å². The zero-order valence-corrected chi connectivity index (χ0v) is 11.7. The highest BCUT2D eigenvalue weighted by atomic mass is 32.2. The van der Waals surface area contributed by atoms with Crippen molar-refractivity contribution in [2.24, 2.45) is 0 Å². The van der Waals surface area contributed by atoms with Crippen LogP contribution >= 0.6 is 0 Å². The lowest BCUT2D eigenvalue weighted by Crippen LogP contribution is -2.47. The summed E-state index contributed by atoms with van der Waals surface area (Å²) in [7, 11) is -4.07. The summed E-state index contributed by atoms with van der Waals surface area (Å²) >= 11 is 0. The highest BCUT2D eigenvalue weighted by Gasteiger charge is 2.33. The van der Waals surface area contributed by atoms with Gasteiger partial charge in [0.2, 0.25) is 0 Å². The van der Waals surface area contributed by atoms with Gasteiger partial charge in [-0.15, -0.1) is 0 Å². The third kappa shape index (κ3) is 2.37. The summed E-state index contributed by atoms with van der Waals surface area (Å²) in [6, 6.07) is 6.18. The Balaban J connectivity index is 2.51. The molecule has 1 aliphatic rings. The van der Waals surface area contributed by atoms with Gasteiger partial charge < -0.3 is 4.90 Å². The summed E-state index contributed by atoms with van der Waals surface area (Å²) < 4.78 is 32.1. The number of benzene rings is 1. The Morgan fingerprint density at radius 1 is 1.44 bits per heavy atom. The molecule has 0 spiro atoms. The molecule has 1 N–H and O–H groups in total. The maximum atomic E-state index is 11.4. The van der Waals surface area contributed by atoms with Crippen LogP contribution in [0.3, 0.4) is 0 Å². The predicted octanol–water partition coefficient (Wildman–Crippen LogP) is 2.37. The fraction of sp³-hybridized carbons (Fsp3) is 0.538. The number of hydrogen-bond donors (Lipinski definition) is 1. The lowest BCUT2D eigenvalue weighted by molar-refractivity contribution is 0.452. The van der Waals surface area contributed by atoms with Crippen molar-refractivity contribution in [3.63, 3.8) is 0 Å². The van der Waals surface area contributed by atoms with Gasteiger partial charge >= 0.3 is 0 Å². The van der Waals surface area contributed by atoms with Crippen molar-refractivity contribution >= 4 is 15.8 Å². The van der Waals surface area contributed by atoms with E-state index in [9.17, 15) is 13.0 Å². The van der Waals surface area contributed by atoms with E-state index >= 15 is 0 Å². The zero-order chi connectivity index (χ0) is 13.5. The summed E-state index contributed by atoms with van der Waals surface area (Å²) in [4.78, 5) is 1.81. The standard InChI is InChI=1S/C13H19NO3S/c1-9-4-6-12-7-5-10(2)14(13(12)8-9)11(3)18(15,16)17/h4,6,8,10-11H,5,7H2,1-3H3,(H,15,16,17). The Morgan fingerprint density at radius 2 is 2.11 bits per heavy atom. The molecular formula is C13H19NO3S. The van der Waals surface area contributed by atoms with E-state index in [2.05, 4.69) is 0 Å². The average Bonchev–Trinajstić information content (AvgIpc) is 2.26. The Labute approximate surface area is 108 Å². The maximum Gasteiger partial charge on any atom is 0.286 e. The summed E-state index contributed by atoms with van der Waals surface area (Å²) in [5, 5.41) is -0.909. The molecule has 5 heteroatoms. The quantitative estimate of drug-likeness (QED) is 0.837. The molecule has 0 amide bonds. The van der Waals surface area contributed by atoms with E-state index in [1.807, 2.05) is 32.0 Å². The van der Waals surface area contributed by atoms with Gasteiger partial charge in [0.25, 0.3) is 10.1 Å². The fourth-order valence-corrected chi connectivity index (χ4v) is 3.17. The van der Waals surface area contributed by atoms with Crippen LogP contribution in [0.4, 0.5) is 5.69 Å². The van der Waals surface area contributed by atoms with Crippen LogP contribution in [-0.2, 0) is 16.5 Å². The molecule has 0 radical (unpaired) electrons. The Kier molecular flexibility index (Phi) is 3.38. The molecule has 2 unspecified atom stereocenters. The van der Waals surface area contributed by atoms with Crippen molar-refractivity contribution in [3.05, 3.63) is 29.3 Å². The smallest absolute Gasteiger partial charge is 0.286 e. The lowest BCUT2D eigenvalue weighted by atomic mass is 9.95. The first-order chi connectivity index (χ1) is 8.30. The van der Waals surface area contributed by atoms with Crippen molar-refractivity contribution in [1.82, 2.24) is 0 Å². The molecule has 0 aromatic heterocycles. The SMILES string of the molecule is Cc1ccc2c(c1)N(C(C)S(=O)(=O)O)C(C)CC2. The van der Waals surface area contributed by atoms with Crippen LogP contribution in [0.15, 0.2) is 18.2 Å². The molecule has 1 heterocycles. The van der Waals surface area contributed by atoms with Crippen LogP contribution in [-0.4, -0.2) is 24.4 Å². The molecule has 2 rings (SSSR count). The van der Waals surface area contributed by atoms with Crippen LogP contribution < -0.4 is 4.90 Å². The minimum absolute atomic E-state index is 0.108. The first-order valence-electron chi connectivity index (χ1n) is 6.15. The molecule has 0 fully saturated rings. The lowest BCUT2D eigenvalue weighted by Gasteiger charge is -2.40. The summed E-state index contributed by atoms with van der Waals surface area (Å²) in [5.74, 6) is 0. The number of aryl methyl sites for hydroxylation is 2. The molecule has 1 aromatic rings. The van der Waals surface area contributed by atoms with Crippen LogP contribution in [0.1, 0.15) is 31.4 Å². The Bertz CT molecular complexity index is 553. The number of fused-ring (bicyclic) bond motifs is 1. The second kappa shape index (κ2) is 4.55. The van der Waals surface area contributed by atoms with Gasteiger partial charge in [0.15, 0.2) is 5.37 Å². The molecule has 4 nitrogen and oxygen atoms in total. The minimum Gasteiger partial charge on any atom is -0.350 e. The van der Waals surface area contributed by atoms with Gasteiger partial charge in [0.05, 0.1) is 0 Å². The molecule has 100 valence electrons. The van der Waals surface area contributed by atoms with E-state index in [4.69, 9.17) is 0 Å². The Hall–Kier alpha value is -1.07. The molecule has 0 aliphatic carbocycles. The van der Waals surface area contributed by atoms with Gasteiger partial charge in [-0.3, -0.25) is 4.55 Å². The summed E-state index contributed by atoms with van der Waals surface area (Å²) in [6.45, 7) is 5.51. The van der Waals surface area contributed by atoms with Crippen molar-refractivity contribution in [2.45, 2.75) is 45.0 Å². The van der Waals surface area contributed by atoms with E-state index < -0.39 is 15.5 Å². The zero-order valence-electron chi connectivity index (χ0n) is 10.9. The second-order valence-electron chi connectivity index (χ2n) is 5.04. The molecular weight excluding hydrogens is 250 g/mol. The number of rotatable bonds is 2. The third-order valence-corrected chi connectivity index (χ3v) is 4.74. The van der Waals surface area contributed by atoms with Crippen molar-refractivity contribution in [3.8, 4) is 0 Å². The third-order valence-electron chi connectivity index (χ3n) is 3.65. The monoisotopic (exact) mass is 269 g/mol. The van der Waals surface area contributed by atoms with Crippen LogP contribution in [0, 0.1) is 6.92 Å². The van der Waals surface area contributed by atoms with E-state index in [0.717, 1.165) is 29.7 Å². The normalized spacial score (nSPS) is 21.6. The number of nitrogens with zero attached hydrogens (tertiary/aromatic N) is 1. The Morgan fingerprint density at radius 3 is 2.72 bits per heavy atom. The van der Waals surface area contributed by atoms with Gasteiger partial charge in [-0.25, -0.2) is 0 Å². The molecule has 1 aliphatic heterocycles. The largest absolute Gasteiger partial charge is 0.350 e. The molecule has 2 atom stereocenters. The van der Waals surface area contributed by atoms with Gasteiger partial charge in [0.1, 0.15) is 0 Å². The first kappa shape index (κ1) is 13.4. The van der Waals surface area contributed by atoms with Crippen LogP contribution in [0.25, 0.3) is 0 Å². The minimum atomic E-state index is -4.07. The van der Waals surface area contributed by atoms with Crippen LogP contribution in [0.2, 0.25) is 0 Å². The number of hydrogen-bond acceptors (Lipinski definition) is 3. The van der Waals surface area contributed by atoms with Crippen molar-refractivity contribution < 1.29 is 13.0 Å². The van der Waals surface area contributed by atoms with Gasteiger partial charge in [-0.1, -0.05) is 12.1 Å². The maximum absolute atomic E-state index is 11.4. The second-order valence-corrected chi connectivity index (χ2v) is 6.75. The van der Waals surface area contributed by atoms with Crippen molar-refractivity contribution in [1.29, 1.82) is 0 Å². The molecule has 0 bridgehead atoms. The van der Waals surface area contributed by atoms with Gasteiger partial charge in [0, 0.05) is 11.7 Å². The molecule has 0 saturated heterocycles. The molecule has 18 heavy (non-hydrogen) atoms. The van der Waals surface area contributed by atoms with E-state index in [-0.39, 0.29) is 6.04 Å². The van der Waals surface area contributed by atoms with Gasteiger partial charge in [-0.2, -0.15) is 8.42 Å². The topological polar surface area (TPSA) is 57.6 Å². The summed E-state index contributed by atoms with van der Waals surface area (Å²) in [6.07, 6.45) is 1.85. The van der Waals surface area contributed by atoms with E-state index in [0.29, 0.717) is 0 Å². The highest BCUT2D eigenvalue weighted by molar-refractivity contribution is 7.86. The molecule has 0 saturated carbocycles. The fourth-order valence-electron chi connectivity index (χ4n) is 2.56. The average molecular weight is 269 g/mol. The highest BCUT2D eigenvalue weighted by Crippen LogP contribution is 2.34. The van der Waals surface area contributed by atoms with Crippen LogP contribution in [0.5, 0.6) is 0 Å². The number of anilines is 1. The van der Waals surface area contributed by atoms with Gasteiger partial charge in [-0.05, 0) is 50.8 Å².